The van der Waals surface area contributed by atoms with Crippen LogP contribution in [0.25, 0.3) is 0 Å². The Balaban J connectivity index is 2.92. The fourth-order valence-corrected chi connectivity index (χ4v) is 2.52. The van der Waals surface area contributed by atoms with Crippen LogP contribution in [0.4, 0.5) is 0 Å². The van der Waals surface area contributed by atoms with Gasteiger partial charge in [0, 0.05) is 6.54 Å². The highest BCUT2D eigenvalue weighted by atomic mass is 32.2. The third-order valence-electron chi connectivity index (χ3n) is 2.35. The number of oxime groups is 1. The van der Waals surface area contributed by atoms with Crippen LogP contribution in [-0.2, 0) is 14.9 Å². The number of benzene rings is 1. The Morgan fingerprint density at radius 1 is 1.33 bits per heavy atom. The number of rotatable bonds is 6. The molecule has 0 bridgehead atoms. The molecule has 0 saturated heterocycles. The summed E-state index contributed by atoms with van der Waals surface area (Å²) in [6, 6.07) is 6.53. The molecule has 0 saturated carbocycles. The lowest BCUT2D eigenvalue weighted by molar-refractivity contribution is 0.213. The molecule has 0 radical (unpaired) electrons. The van der Waals surface area contributed by atoms with Crippen molar-refractivity contribution < 1.29 is 13.3 Å². The van der Waals surface area contributed by atoms with Crippen LogP contribution in [0.15, 0.2) is 34.3 Å². The lowest BCUT2D eigenvalue weighted by Gasteiger charge is -2.06. The lowest BCUT2D eigenvalue weighted by atomic mass is 10.1. The van der Waals surface area contributed by atoms with Gasteiger partial charge in [-0.15, -0.1) is 0 Å². The predicted octanol–water partition coefficient (Wildman–Crippen LogP) is 1.75. The molecule has 0 aliphatic heterocycles. The normalized spacial score (nSPS) is 12.5. The minimum atomic E-state index is -3.40. The van der Waals surface area contributed by atoms with Gasteiger partial charge in [-0.2, -0.15) is 0 Å². The van der Waals surface area contributed by atoms with Gasteiger partial charge in [0.2, 0.25) is 10.0 Å². The van der Waals surface area contributed by atoms with Crippen molar-refractivity contribution in [2.24, 2.45) is 5.16 Å². The second-order valence-corrected chi connectivity index (χ2v) is 5.55. The van der Waals surface area contributed by atoms with Gasteiger partial charge in [0.1, 0.15) is 7.11 Å². The topological polar surface area (TPSA) is 67.8 Å². The zero-order chi connectivity index (χ0) is 13.6. The molecule has 0 atom stereocenters. The first-order chi connectivity index (χ1) is 8.51. The Morgan fingerprint density at radius 2 is 1.94 bits per heavy atom. The molecule has 18 heavy (non-hydrogen) atoms. The smallest absolute Gasteiger partial charge is 0.240 e. The summed E-state index contributed by atoms with van der Waals surface area (Å²) in [5.74, 6) is 0. The van der Waals surface area contributed by atoms with Crippen LogP contribution < -0.4 is 4.72 Å². The average molecular weight is 270 g/mol. The van der Waals surface area contributed by atoms with Gasteiger partial charge in [0.15, 0.2) is 0 Å². The van der Waals surface area contributed by atoms with Crippen LogP contribution in [0.5, 0.6) is 0 Å². The number of nitrogens with zero attached hydrogens (tertiary/aromatic N) is 1. The molecule has 6 heteroatoms. The van der Waals surface area contributed by atoms with Gasteiger partial charge >= 0.3 is 0 Å². The summed E-state index contributed by atoms with van der Waals surface area (Å²) in [4.78, 5) is 4.92. The van der Waals surface area contributed by atoms with Gasteiger partial charge in [-0.1, -0.05) is 24.2 Å². The second kappa shape index (κ2) is 6.51. The van der Waals surface area contributed by atoms with Gasteiger partial charge in [-0.05, 0) is 31.0 Å². The van der Waals surface area contributed by atoms with E-state index in [9.17, 15) is 8.42 Å². The van der Waals surface area contributed by atoms with Gasteiger partial charge in [0.05, 0.1) is 10.6 Å². The first-order valence-electron chi connectivity index (χ1n) is 5.69. The Kier molecular flexibility index (Phi) is 5.30. The third-order valence-corrected chi connectivity index (χ3v) is 3.83. The summed E-state index contributed by atoms with van der Waals surface area (Å²) in [5.41, 5.74) is 1.52. The minimum Gasteiger partial charge on any atom is -0.399 e. The summed E-state index contributed by atoms with van der Waals surface area (Å²) in [7, 11) is -1.93. The van der Waals surface area contributed by atoms with E-state index in [1.165, 1.54) is 7.11 Å². The standard InChI is InChI=1S/C12H18N2O3S/c1-4-9-13-18(15,16)12-7-5-11(6-8-12)10(2)14-17-3/h5-8,13H,4,9H2,1-3H3. The predicted molar refractivity (Wildman–Crippen MR) is 71.1 cm³/mol. The largest absolute Gasteiger partial charge is 0.399 e. The maximum Gasteiger partial charge on any atom is 0.240 e. The van der Waals surface area contributed by atoms with Crippen molar-refractivity contribution in [1.29, 1.82) is 0 Å². The zero-order valence-electron chi connectivity index (χ0n) is 10.8. The molecule has 0 unspecified atom stereocenters. The summed E-state index contributed by atoms with van der Waals surface area (Å²) >= 11 is 0. The van der Waals surface area contributed by atoms with Crippen LogP contribution in [-0.4, -0.2) is 27.8 Å². The first kappa shape index (κ1) is 14.7. The fraction of sp³-hybridized carbons (Fsp3) is 0.417. The first-order valence-corrected chi connectivity index (χ1v) is 7.17. The van der Waals surface area contributed by atoms with E-state index in [4.69, 9.17) is 0 Å². The molecule has 1 N–H and O–H groups in total. The van der Waals surface area contributed by atoms with Crippen molar-refractivity contribution in [1.82, 2.24) is 4.72 Å². The molecule has 100 valence electrons. The highest BCUT2D eigenvalue weighted by Crippen LogP contribution is 2.11. The van der Waals surface area contributed by atoms with E-state index < -0.39 is 10.0 Å². The minimum absolute atomic E-state index is 0.255. The van der Waals surface area contributed by atoms with Gasteiger partial charge < -0.3 is 4.84 Å². The molecule has 0 amide bonds. The SMILES string of the molecule is CCCNS(=O)(=O)c1ccc(C(C)=NOC)cc1. The maximum absolute atomic E-state index is 11.8. The molecule has 0 aliphatic carbocycles. The van der Waals surface area contributed by atoms with Gasteiger partial charge in [-0.25, -0.2) is 13.1 Å². The van der Waals surface area contributed by atoms with E-state index >= 15 is 0 Å². The van der Waals surface area contributed by atoms with Crippen LogP contribution in [0.2, 0.25) is 0 Å². The van der Waals surface area contributed by atoms with Crippen molar-refractivity contribution in [3.05, 3.63) is 29.8 Å². The van der Waals surface area contributed by atoms with E-state index in [1.54, 1.807) is 31.2 Å². The molecule has 0 spiro atoms. The van der Waals surface area contributed by atoms with Crippen molar-refractivity contribution in [3.63, 3.8) is 0 Å². The molecule has 0 fully saturated rings. The van der Waals surface area contributed by atoms with E-state index in [1.807, 2.05) is 6.92 Å². The van der Waals surface area contributed by atoms with Crippen molar-refractivity contribution >= 4 is 15.7 Å². The summed E-state index contributed by atoms with van der Waals surface area (Å²) in [6.07, 6.45) is 0.761. The fourth-order valence-electron chi connectivity index (χ4n) is 1.38. The van der Waals surface area contributed by atoms with E-state index in [-0.39, 0.29) is 4.90 Å². The molecular formula is C12H18N2O3S. The molecule has 0 heterocycles. The van der Waals surface area contributed by atoms with Gasteiger partial charge in [0.25, 0.3) is 0 Å². The molecule has 0 aromatic heterocycles. The van der Waals surface area contributed by atoms with Crippen LogP contribution in [0, 0.1) is 0 Å². The average Bonchev–Trinajstić information content (AvgIpc) is 2.37. The molecule has 5 nitrogen and oxygen atoms in total. The molecule has 0 aliphatic rings. The lowest BCUT2D eigenvalue weighted by Crippen LogP contribution is -2.24. The monoisotopic (exact) mass is 270 g/mol. The van der Waals surface area contributed by atoms with E-state index in [0.29, 0.717) is 12.3 Å². The highest BCUT2D eigenvalue weighted by molar-refractivity contribution is 7.89. The molecule has 1 aromatic carbocycles. The Morgan fingerprint density at radius 3 is 2.44 bits per heavy atom. The highest BCUT2D eigenvalue weighted by Gasteiger charge is 2.12. The van der Waals surface area contributed by atoms with Crippen molar-refractivity contribution in [2.75, 3.05) is 13.7 Å². The number of sulfonamides is 1. The van der Waals surface area contributed by atoms with Crippen molar-refractivity contribution in [2.45, 2.75) is 25.2 Å². The molecule has 1 rings (SSSR count). The quantitative estimate of drug-likeness (QED) is 0.632. The van der Waals surface area contributed by atoms with E-state index in [2.05, 4.69) is 14.7 Å². The van der Waals surface area contributed by atoms with Crippen LogP contribution >= 0.6 is 0 Å². The van der Waals surface area contributed by atoms with E-state index in [0.717, 1.165) is 12.0 Å². The van der Waals surface area contributed by atoms with Crippen LogP contribution in [0.1, 0.15) is 25.8 Å². The number of nitrogens with one attached hydrogen (secondary N) is 1. The molecular weight excluding hydrogens is 252 g/mol. The summed E-state index contributed by atoms with van der Waals surface area (Å²) in [5, 5.41) is 3.79. The summed E-state index contributed by atoms with van der Waals surface area (Å²) < 4.78 is 26.2. The zero-order valence-corrected chi connectivity index (χ0v) is 11.6. The van der Waals surface area contributed by atoms with Gasteiger partial charge in [-0.3, -0.25) is 0 Å². The second-order valence-electron chi connectivity index (χ2n) is 3.78. The Hall–Kier alpha value is -1.40. The van der Waals surface area contributed by atoms with Crippen LogP contribution in [0.3, 0.4) is 0 Å². The molecule has 1 aromatic rings. The third kappa shape index (κ3) is 3.82. The maximum atomic E-state index is 11.8. The Labute approximate surface area is 108 Å². The Bertz CT molecular complexity index is 507. The summed E-state index contributed by atoms with van der Waals surface area (Å²) in [6.45, 7) is 4.15. The number of hydrogen-bond donors (Lipinski definition) is 1. The van der Waals surface area contributed by atoms with Crippen molar-refractivity contribution in [3.8, 4) is 0 Å². The number of hydrogen-bond acceptors (Lipinski definition) is 4.